The van der Waals surface area contributed by atoms with E-state index in [2.05, 4.69) is 10.1 Å². The number of rotatable bonds is 2. The van der Waals surface area contributed by atoms with Gasteiger partial charge in [-0.1, -0.05) is 6.07 Å². The van der Waals surface area contributed by atoms with Crippen LogP contribution in [-0.2, 0) is 0 Å². The molecule has 5 nitrogen and oxygen atoms in total. The molecule has 2 aromatic rings. The number of carbonyl (C=O) groups excluding carboxylic acids is 1. The Hall–Kier alpha value is -2.24. The van der Waals surface area contributed by atoms with Crippen molar-refractivity contribution in [1.82, 2.24) is 19.7 Å². The summed E-state index contributed by atoms with van der Waals surface area (Å²) >= 11 is 0. The van der Waals surface area contributed by atoms with Crippen molar-refractivity contribution in [3.05, 3.63) is 47.3 Å². The number of piperidine rings is 1. The maximum Gasteiger partial charge on any atom is 0.254 e. The molecule has 1 aliphatic rings. The van der Waals surface area contributed by atoms with E-state index >= 15 is 0 Å². The van der Waals surface area contributed by atoms with E-state index in [9.17, 15) is 9.18 Å². The third kappa shape index (κ3) is 2.86. The van der Waals surface area contributed by atoms with E-state index in [-0.39, 0.29) is 17.8 Å². The number of aryl methyl sites for hydroxylation is 2. The second-order valence-electron chi connectivity index (χ2n) is 5.71. The van der Waals surface area contributed by atoms with Crippen LogP contribution in [0, 0.1) is 19.7 Å². The average molecular weight is 302 g/mol. The number of hydrogen-bond donors (Lipinski definition) is 0. The van der Waals surface area contributed by atoms with Crippen molar-refractivity contribution < 1.29 is 9.18 Å². The van der Waals surface area contributed by atoms with Gasteiger partial charge in [-0.05, 0) is 44.9 Å². The van der Waals surface area contributed by atoms with Gasteiger partial charge in [0.25, 0.3) is 5.91 Å². The normalized spacial score (nSPS) is 18.5. The number of halogens is 1. The minimum absolute atomic E-state index is 0.126. The summed E-state index contributed by atoms with van der Waals surface area (Å²) in [6, 6.07) is 5.98. The summed E-state index contributed by atoms with van der Waals surface area (Å²) in [5.74, 6) is 1.09. The average Bonchev–Trinajstić information content (AvgIpc) is 2.85. The van der Waals surface area contributed by atoms with Crippen LogP contribution in [0.5, 0.6) is 0 Å². The van der Waals surface area contributed by atoms with Crippen molar-refractivity contribution in [2.45, 2.75) is 32.7 Å². The topological polar surface area (TPSA) is 51.0 Å². The van der Waals surface area contributed by atoms with Crippen LogP contribution in [0.1, 0.15) is 40.9 Å². The molecule has 1 amide bonds. The molecule has 1 atom stereocenters. The van der Waals surface area contributed by atoms with Gasteiger partial charge in [0, 0.05) is 18.7 Å². The van der Waals surface area contributed by atoms with E-state index in [1.807, 2.05) is 18.5 Å². The summed E-state index contributed by atoms with van der Waals surface area (Å²) in [6.45, 7) is 5.06. The Morgan fingerprint density at radius 1 is 1.36 bits per heavy atom. The highest BCUT2D eigenvalue weighted by atomic mass is 19.1. The van der Waals surface area contributed by atoms with Gasteiger partial charge in [-0.2, -0.15) is 5.10 Å². The zero-order valence-electron chi connectivity index (χ0n) is 12.8. The van der Waals surface area contributed by atoms with Crippen LogP contribution in [-0.4, -0.2) is 38.7 Å². The van der Waals surface area contributed by atoms with Crippen LogP contribution in [0.15, 0.2) is 24.3 Å². The molecule has 0 radical (unpaired) electrons. The first-order valence-corrected chi connectivity index (χ1v) is 7.49. The van der Waals surface area contributed by atoms with Crippen LogP contribution in [0.3, 0.4) is 0 Å². The number of nitrogens with zero attached hydrogens (tertiary/aromatic N) is 4. The van der Waals surface area contributed by atoms with Gasteiger partial charge >= 0.3 is 0 Å². The van der Waals surface area contributed by atoms with Crippen molar-refractivity contribution in [2.24, 2.45) is 0 Å². The molecule has 0 unspecified atom stereocenters. The lowest BCUT2D eigenvalue weighted by molar-refractivity contribution is 0.0670. The van der Waals surface area contributed by atoms with E-state index in [0.717, 1.165) is 24.5 Å². The molecule has 1 fully saturated rings. The number of hydrogen-bond acceptors (Lipinski definition) is 3. The Kier molecular flexibility index (Phi) is 3.92. The first kappa shape index (κ1) is 14.7. The second-order valence-corrected chi connectivity index (χ2v) is 5.71. The molecule has 0 spiro atoms. The molecule has 22 heavy (non-hydrogen) atoms. The van der Waals surface area contributed by atoms with Crippen molar-refractivity contribution >= 4 is 5.91 Å². The van der Waals surface area contributed by atoms with E-state index in [1.54, 1.807) is 17.0 Å². The number of aromatic nitrogens is 3. The molecular formula is C16H19FN4O. The summed E-state index contributed by atoms with van der Waals surface area (Å²) in [4.78, 5) is 18.6. The fraction of sp³-hybridized carbons (Fsp3) is 0.438. The number of amides is 1. The zero-order chi connectivity index (χ0) is 15.7. The molecule has 1 saturated heterocycles. The first-order valence-electron chi connectivity index (χ1n) is 7.49. The van der Waals surface area contributed by atoms with Gasteiger partial charge in [-0.3, -0.25) is 4.79 Å². The molecule has 0 saturated carbocycles. The fourth-order valence-electron chi connectivity index (χ4n) is 3.02. The second kappa shape index (κ2) is 5.87. The van der Waals surface area contributed by atoms with E-state index in [1.165, 1.54) is 12.1 Å². The fourth-order valence-corrected chi connectivity index (χ4v) is 3.02. The number of likely N-dealkylation sites (tertiary alicyclic amines) is 1. The van der Waals surface area contributed by atoms with Crippen molar-refractivity contribution in [1.29, 1.82) is 0 Å². The highest BCUT2D eigenvalue weighted by Crippen LogP contribution is 2.23. The maximum atomic E-state index is 13.3. The molecule has 6 heteroatoms. The van der Waals surface area contributed by atoms with Crippen molar-refractivity contribution in [3.8, 4) is 0 Å². The molecule has 0 bridgehead atoms. The van der Waals surface area contributed by atoms with Crippen molar-refractivity contribution in [2.75, 3.05) is 13.1 Å². The lowest BCUT2D eigenvalue weighted by Crippen LogP contribution is -2.41. The lowest BCUT2D eigenvalue weighted by atomic mass is 10.0. The molecular weight excluding hydrogens is 283 g/mol. The van der Waals surface area contributed by atoms with Gasteiger partial charge in [0.2, 0.25) is 0 Å². The summed E-state index contributed by atoms with van der Waals surface area (Å²) in [5, 5.41) is 4.42. The monoisotopic (exact) mass is 302 g/mol. The SMILES string of the molecule is Cc1nc(C)n([C@@H]2CCCN(C(=O)c3cccc(F)c3)C2)n1. The lowest BCUT2D eigenvalue weighted by Gasteiger charge is -2.33. The summed E-state index contributed by atoms with van der Waals surface area (Å²) in [6.07, 6.45) is 1.88. The molecule has 1 aliphatic heterocycles. The Morgan fingerprint density at radius 3 is 2.86 bits per heavy atom. The third-order valence-corrected chi connectivity index (χ3v) is 4.01. The Bertz CT molecular complexity index is 697. The Balaban J connectivity index is 1.78. The first-order chi connectivity index (χ1) is 10.5. The predicted molar refractivity (Wildman–Crippen MR) is 80.1 cm³/mol. The highest BCUT2D eigenvalue weighted by Gasteiger charge is 2.27. The molecule has 116 valence electrons. The largest absolute Gasteiger partial charge is 0.336 e. The van der Waals surface area contributed by atoms with Crippen LogP contribution in [0.2, 0.25) is 0 Å². The van der Waals surface area contributed by atoms with E-state index < -0.39 is 0 Å². The molecule has 0 aliphatic carbocycles. The molecule has 1 aromatic heterocycles. The highest BCUT2D eigenvalue weighted by molar-refractivity contribution is 5.94. The Morgan fingerprint density at radius 2 is 2.18 bits per heavy atom. The summed E-state index contributed by atoms with van der Waals surface area (Å²) in [5.41, 5.74) is 0.396. The molecule has 0 N–H and O–H groups in total. The smallest absolute Gasteiger partial charge is 0.254 e. The summed E-state index contributed by atoms with van der Waals surface area (Å²) in [7, 11) is 0. The van der Waals surface area contributed by atoms with Gasteiger partial charge in [0.15, 0.2) is 0 Å². The predicted octanol–water partition coefficient (Wildman–Crippen LogP) is 2.51. The summed E-state index contributed by atoms with van der Waals surface area (Å²) < 4.78 is 15.2. The Labute approximate surface area is 128 Å². The minimum atomic E-state index is -0.387. The standard InChI is InChI=1S/C16H19FN4O/c1-11-18-12(2)21(19-11)15-7-4-8-20(10-15)16(22)13-5-3-6-14(17)9-13/h3,5-6,9,15H,4,7-8,10H2,1-2H3/t15-/m1/s1. The van der Waals surface area contributed by atoms with Crippen LogP contribution in [0.4, 0.5) is 4.39 Å². The number of carbonyl (C=O) groups is 1. The molecule has 1 aromatic carbocycles. The van der Waals surface area contributed by atoms with E-state index in [0.29, 0.717) is 18.7 Å². The number of benzene rings is 1. The van der Waals surface area contributed by atoms with Gasteiger partial charge in [-0.15, -0.1) is 0 Å². The zero-order valence-corrected chi connectivity index (χ0v) is 12.8. The molecule has 2 heterocycles. The van der Waals surface area contributed by atoms with Gasteiger partial charge in [0.1, 0.15) is 17.5 Å². The molecule has 3 rings (SSSR count). The quantitative estimate of drug-likeness (QED) is 0.856. The van der Waals surface area contributed by atoms with Crippen molar-refractivity contribution in [3.63, 3.8) is 0 Å². The maximum absolute atomic E-state index is 13.3. The van der Waals surface area contributed by atoms with Crippen LogP contribution >= 0.6 is 0 Å². The van der Waals surface area contributed by atoms with Gasteiger partial charge in [-0.25, -0.2) is 14.1 Å². The van der Waals surface area contributed by atoms with Gasteiger partial charge in [0.05, 0.1) is 6.04 Å². The van der Waals surface area contributed by atoms with Crippen LogP contribution < -0.4 is 0 Å². The van der Waals surface area contributed by atoms with Gasteiger partial charge < -0.3 is 4.90 Å². The third-order valence-electron chi connectivity index (χ3n) is 4.01. The minimum Gasteiger partial charge on any atom is -0.336 e. The van der Waals surface area contributed by atoms with E-state index in [4.69, 9.17) is 0 Å². The van der Waals surface area contributed by atoms with Crippen LogP contribution in [0.25, 0.3) is 0 Å².